The van der Waals surface area contributed by atoms with Crippen LogP contribution in [0.3, 0.4) is 0 Å². The number of aryl methyl sites for hydroxylation is 1. The van der Waals surface area contributed by atoms with Gasteiger partial charge in [-0.3, -0.25) is 4.79 Å². The highest BCUT2D eigenvalue weighted by atomic mass is 32.2. The molecule has 1 saturated heterocycles. The molecule has 2 heterocycles. The summed E-state index contributed by atoms with van der Waals surface area (Å²) >= 11 is 0. The third-order valence-electron chi connectivity index (χ3n) is 5.16. The number of nitrogens with zero attached hydrogens (tertiary/aromatic N) is 1. The van der Waals surface area contributed by atoms with Crippen LogP contribution in [-0.4, -0.2) is 50.0 Å². The highest BCUT2D eigenvalue weighted by Crippen LogP contribution is 2.50. The molecule has 2 fully saturated rings. The van der Waals surface area contributed by atoms with Crippen molar-refractivity contribution in [1.29, 1.82) is 0 Å². The van der Waals surface area contributed by atoms with Gasteiger partial charge in [0.25, 0.3) is 10.0 Å². The molecule has 132 valence electrons. The lowest BCUT2D eigenvalue weighted by Gasteiger charge is -2.22. The van der Waals surface area contributed by atoms with E-state index in [2.05, 4.69) is 4.74 Å². The van der Waals surface area contributed by atoms with Crippen molar-refractivity contribution in [3.63, 3.8) is 0 Å². The Morgan fingerprint density at radius 2 is 2.17 bits per heavy atom. The van der Waals surface area contributed by atoms with Crippen molar-refractivity contribution < 1.29 is 32.3 Å². The summed E-state index contributed by atoms with van der Waals surface area (Å²) in [5.41, 5.74) is -0.969. The number of furan rings is 1. The maximum absolute atomic E-state index is 12.8. The van der Waals surface area contributed by atoms with Gasteiger partial charge in [0, 0.05) is 19.2 Å². The van der Waals surface area contributed by atoms with Crippen LogP contribution in [0.1, 0.15) is 35.4 Å². The van der Waals surface area contributed by atoms with E-state index >= 15 is 0 Å². The maximum atomic E-state index is 12.8. The van der Waals surface area contributed by atoms with Gasteiger partial charge in [-0.15, -0.1) is 0 Å². The molecular weight excluding hydrogens is 338 g/mol. The number of carbonyl (C=O) groups excluding carboxylic acids is 1. The fraction of sp³-hybridized carbons (Fsp3) is 0.600. The van der Waals surface area contributed by atoms with Gasteiger partial charge >= 0.3 is 11.9 Å². The van der Waals surface area contributed by atoms with Gasteiger partial charge in [-0.2, -0.15) is 4.31 Å². The molecule has 0 bridgehead atoms. The van der Waals surface area contributed by atoms with Crippen LogP contribution >= 0.6 is 0 Å². The standard InChI is InChI=1S/C15H19NO7S/c1-9-11(13(17)22-2)6-12(23-9)24(20,21)16-7-10-4-3-5-15(10,8-16)14(18)19/h6,10H,3-5,7-8H2,1-2H3,(H,18,19)/t10-,15+/m0/s1. The van der Waals surface area contributed by atoms with E-state index in [0.717, 1.165) is 16.8 Å². The number of carboxylic acid groups (broad SMARTS) is 1. The van der Waals surface area contributed by atoms with E-state index in [1.807, 2.05) is 0 Å². The Bertz CT molecular complexity index is 797. The number of carbonyl (C=O) groups is 2. The fourth-order valence-corrected chi connectivity index (χ4v) is 5.33. The van der Waals surface area contributed by atoms with Gasteiger partial charge in [-0.05, 0) is 25.7 Å². The molecule has 24 heavy (non-hydrogen) atoms. The first kappa shape index (κ1) is 17.0. The molecule has 1 N–H and O–H groups in total. The van der Waals surface area contributed by atoms with Gasteiger partial charge in [-0.25, -0.2) is 13.2 Å². The number of carboxylic acids is 1. The van der Waals surface area contributed by atoms with E-state index in [9.17, 15) is 23.1 Å². The summed E-state index contributed by atoms with van der Waals surface area (Å²) in [6.07, 6.45) is 1.96. The van der Waals surface area contributed by atoms with Crippen LogP contribution in [0, 0.1) is 18.3 Å². The Morgan fingerprint density at radius 3 is 2.75 bits per heavy atom. The second kappa shape index (κ2) is 5.59. The molecular formula is C15H19NO7S. The lowest BCUT2D eigenvalue weighted by atomic mass is 9.81. The summed E-state index contributed by atoms with van der Waals surface area (Å²) in [6, 6.07) is 1.14. The molecule has 1 aromatic rings. The van der Waals surface area contributed by atoms with Gasteiger partial charge in [0.05, 0.1) is 12.5 Å². The summed E-state index contributed by atoms with van der Waals surface area (Å²) in [7, 11) is -2.80. The van der Waals surface area contributed by atoms with Gasteiger partial charge in [-0.1, -0.05) is 6.42 Å². The van der Waals surface area contributed by atoms with Crippen molar-refractivity contribution in [2.45, 2.75) is 31.3 Å². The molecule has 1 aliphatic carbocycles. The fourth-order valence-electron chi connectivity index (χ4n) is 3.80. The normalized spacial score (nSPS) is 27.2. The number of rotatable bonds is 4. The summed E-state index contributed by atoms with van der Waals surface area (Å²) in [5.74, 6) is -1.68. The van der Waals surface area contributed by atoms with E-state index in [4.69, 9.17) is 4.42 Å². The zero-order chi connectivity index (χ0) is 17.7. The molecule has 0 amide bonds. The first-order valence-electron chi connectivity index (χ1n) is 7.64. The molecule has 0 radical (unpaired) electrons. The zero-order valence-electron chi connectivity index (χ0n) is 13.4. The predicted octanol–water partition coefficient (Wildman–Crippen LogP) is 1.25. The number of methoxy groups -OCH3 is 1. The van der Waals surface area contributed by atoms with Crippen LogP contribution in [0.5, 0.6) is 0 Å². The molecule has 0 unspecified atom stereocenters. The smallest absolute Gasteiger partial charge is 0.341 e. The van der Waals surface area contributed by atoms with Gasteiger partial charge < -0.3 is 14.3 Å². The van der Waals surface area contributed by atoms with E-state index in [-0.39, 0.29) is 35.4 Å². The lowest BCUT2D eigenvalue weighted by Crippen LogP contribution is -2.37. The van der Waals surface area contributed by atoms with E-state index in [1.54, 1.807) is 0 Å². The molecule has 0 aromatic carbocycles. The minimum atomic E-state index is -4.00. The average Bonchev–Trinajstić information content (AvgIpc) is 3.18. The molecule has 8 nitrogen and oxygen atoms in total. The predicted molar refractivity (Wildman–Crippen MR) is 81.0 cm³/mol. The number of fused-ring (bicyclic) bond motifs is 1. The molecule has 2 atom stereocenters. The average molecular weight is 357 g/mol. The Balaban J connectivity index is 1.93. The molecule has 1 aromatic heterocycles. The Hall–Kier alpha value is -1.87. The van der Waals surface area contributed by atoms with Crippen molar-refractivity contribution >= 4 is 22.0 Å². The summed E-state index contributed by atoms with van der Waals surface area (Å²) in [4.78, 5) is 23.3. The molecule has 1 saturated carbocycles. The number of aliphatic carboxylic acids is 1. The van der Waals surface area contributed by atoms with Crippen molar-refractivity contribution in [2.75, 3.05) is 20.2 Å². The zero-order valence-corrected chi connectivity index (χ0v) is 14.3. The Labute approximate surface area is 139 Å². The third-order valence-corrected chi connectivity index (χ3v) is 6.83. The van der Waals surface area contributed by atoms with Gasteiger partial charge in [0.1, 0.15) is 11.3 Å². The minimum absolute atomic E-state index is 0.0448. The van der Waals surface area contributed by atoms with Crippen molar-refractivity contribution in [3.05, 3.63) is 17.4 Å². The number of esters is 1. The van der Waals surface area contributed by atoms with Crippen LogP contribution in [-0.2, 0) is 19.6 Å². The van der Waals surface area contributed by atoms with E-state index < -0.39 is 27.4 Å². The topological polar surface area (TPSA) is 114 Å². The van der Waals surface area contributed by atoms with Gasteiger partial charge in [0.15, 0.2) is 0 Å². The third kappa shape index (κ3) is 2.34. The van der Waals surface area contributed by atoms with E-state index in [1.165, 1.54) is 14.0 Å². The van der Waals surface area contributed by atoms with Crippen LogP contribution in [0.2, 0.25) is 0 Å². The minimum Gasteiger partial charge on any atom is -0.481 e. The van der Waals surface area contributed by atoms with Gasteiger partial charge in [0.2, 0.25) is 5.09 Å². The SMILES string of the molecule is COC(=O)c1cc(S(=O)(=O)N2C[C@@H]3CCC[C@@]3(C(=O)O)C2)oc1C. The van der Waals surface area contributed by atoms with Crippen molar-refractivity contribution in [3.8, 4) is 0 Å². The number of sulfonamides is 1. The van der Waals surface area contributed by atoms with Crippen LogP contribution in [0.15, 0.2) is 15.6 Å². The lowest BCUT2D eigenvalue weighted by molar-refractivity contribution is -0.149. The summed E-state index contributed by atoms with van der Waals surface area (Å²) in [5, 5.41) is 9.21. The van der Waals surface area contributed by atoms with Crippen molar-refractivity contribution in [1.82, 2.24) is 4.31 Å². The highest BCUT2D eigenvalue weighted by molar-refractivity contribution is 7.89. The molecule has 9 heteroatoms. The first-order chi connectivity index (χ1) is 11.2. The molecule has 0 spiro atoms. The molecule has 1 aliphatic heterocycles. The van der Waals surface area contributed by atoms with E-state index in [0.29, 0.717) is 12.8 Å². The Morgan fingerprint density at radius 1 is 1.46 bits per heavy atom. The second-order valence-electron chi connectivity index (χ2n) is 6.37. The quantitative estimate of drug-likeness (QED) is 0.807. The number of hydrogen-bond donors (Lipinski definition) is 1. The maximum Gasteiger partial charge on any atom is 0.341 e. The number of hydrogen-bond acceptors (Lipinski definition) is 6. The summed E-state index contributed by atoms with van der Waals surface area (Å²) < 4.78 is 36.6. The molecule has 2 aliphatic rings. The largest absolute Gasteiger partial charge is 0.481 e. The highest BCUT2D eigenvalue weighted by Gasteiger charge is 2.57. The van der Waals surface area contributed by atoms with Crippen LogP contribution in [0.4, 0.5) is 0 Å². The number of ether oxygens (including phenoxy) is 1. The molecule has 3 rings (SSSR count). The second-order valence-corrected chi connectivity index (χ2v) is 8.24. The van der Waals surface area contributed by atoms with Crippen LogP contribution in [0.25, 0.3) is 0 Å². The van der Waals surface area contributed by atoms with Crippen molar-refractivity contribution in [2.24, 2.45) is 11.3 Å². The summed E-state index contributed by atoms with van der Waals surface area (Å²) in [6.45, 7) is 1.56. The monoisotopic (exact) mass is 357 g/mol. The first-order valence-corrected chi connectivity index (χ1v) is 9.08. The van der Waals surface area contributed by atoms with Crippen LogP contribution < -0.4 is 0 Å². The Kier molecular flexibility index (Phi) is 3.95.